The number of rotatable bonds is 7. The average Bonchev–Trinajstić information content (AvgIpc) is 3.07. The van der Waals surface area contributed by atoms with Gasteiger partial charge in [-0.25, -0.2) is 4.90 Å². The summed E-state index contributed by atoms with van der Waals surface area (Å²) >= 11 is 0. The van der Waals surface area contributed by atoms with Crippen LogP contribution in [0.3, 0.4) is 0 Å². The van der Waals surface area contributed by atoms with E-state index in [4.69, 9.17) is 0 Å². The molecule has 0 atom stereocenters. The van der Waals surface area contributed by atoms with Crippen molar-refractivity contribution >= 4 is 23.1 Å². The highest BCUT2D eigenvalue weighted by Gasteiger charge is 2.42. The highest BCUT2D eigenvalue weighted by atomic mass is 16.2. The Labute approximate surface area is 195 Å². The van der Waals surface area contributed by atoms with Gasteiger partial charge in [0.15, 0.2) is 0 Å². The molecule has 168 valence electrons. The summed E-state index contributed by atoms with van der Waals surface area (Å²) in [6, 6.07) is 17.4. The summed E-state index contributed by atoms with van der Waals surface area (Å²) in [6.07, 6.45) is 4.30. The van der Waals surface area contributed by atoms with Crippen LogP contribution in [-0.4, -0.2) is 34.8 Å². The van der Waals surface area contributed by atoms with Gasteiger partial charge in [-0.15, -0.1) is 0 Å². The second-order valence-electron chi connectivity index (χ2n) is 8.44. The van der Waals surface area contributed by atoms with E-state index in [1.54, 1.807) is 12.4 Å². The van der Waals surface area contributed by atoms with Crippen LogP contribution in [0.4, 0.5) is 5.69 Å². The molecule has 0 radical (unpaired) electrons. The van der Waals surface area contributed by atoms with E-state index < -0.39 is 0 Å². The summed E-state index contributed by atoms with van der Waals surface area (Å²) in [5, 5.41) is 0. The highest BCUT2D eigenvalue weighted by Crippen LogP contribution is 2.36. The number of pyridine rings is 1. The first-order valence-electron chi connectivity index (χ1n) is 11.3. The Hall–Kier alpha value is -3.73. The molecular formula is C28H29N3O2. The van der Waals surface area contributed by atoms with E-state index in [0.717, 1.165) is 34.2 Å². The second-order valence-corrected chi connectivity index (χ2v) is 8.44. The number of hydrogen-bond donors (Lipinski definition) is 0. The number of aryl methyl sites for hydroxylation is 3. The first-order chi connectivity index (χ1) is 15.9. The van der Waals surface area contributed by atoms with Crippen LogP contribution in [0.5, 0.6) is 0 Å². The lowest BCUT2D eigenvalue weighted by molar-refractivity contribution is -0.120. The SMILES string of the molecule is CCN(CCc1ccncc1)C1=C(c2ccc(C)c(C)c2)C(=O)N(c2ccccc2C)C1=O. The lowest BCUT2D eigenvalue weighted by Gasteiger charge is -2.25. The number of imide groups is 1. The standard InChI is InChI=1S/C28H29N3O2/c1-5-30(17-14-22-12-15-29-16-13-22)26-25(23-11-10-19(2)21(4)18-23)27(32)31(28(26)33)24-9-7-6-8-20(24)3/h6-13,15-16,18H,5,14,17H2,1-4H3. The van der Waals surface area contributed by atoms with Crippen molar-refractivity contribution in [2.75, 3.05) is 18.0 Å². The molecule has 0 saturated heterocycles. The molecule has 0 unspecified atom stereocenters. The van der Waals surface area contributed by atoms with Crippen LogP contribution in [0.25, 0.3) is 5.57 Å². The number of hydrogen-bond acceptors (Lipinski definition) is 4. The van der Waals surface area contributed by atoms with Gasteiger partial charge in [-0.1, -0.05) is 36.4 Å². The van der Waals surface area contributed by atoms with Gasteiger partial charge in [-0.3, -0.25) is 14.6 Å². The molecule has 4 rings (SSSR count). The monoisotopic (exact) mass is 439 g/mol. The molecule has 5 heteroatoms. The van der Waals surface area contributed by atoms with E-state index >= 15 is 0 Å². The third-order valence-electron chi connectivity index (χ3n) is 6.33. The quantitative estimate of drug-likeness (QED) is 0.494. The molecule has 2 amide bonds. The van der Waals surface area contributed by atoms with Crippen LogP contribution >= 0.6 is 0 Å². The Kier molecular flexibility index (Phi) is 6.40. The number of likely N-dealkylation sites (N-methyl/N-ethyl adjacent to an activating group) is 1. The molecule has 0 bridgehead atoms. The Morgan fingerprint density at radius 2 is 1.58 bits per heavy atom. The smallest absolute Gasteiger partial charge is 0.282 e. The van der Waals surface area contributed by atoms with Crippen molar-refractivity contribution in [2.24, 2.45) is 0 Å². The van der Waals surface area contributed by atoms with E-state index in [0.29, 0.717) is 30.0 Å². The van der Waals surface area contributed by atoms with Gasteiger partial charge in [0.2, 0.25) is 0 Å². The first kappa shape index (κ1) is 22.5. The minimum atomic E-state index is -0.269. The fourth-order valence-electron chi connectivity index (χ4n) is 4.24. The van der Waals surface area contributed by atoms with E-state index in [-0.39, 0.29) is 11.8 Å². The largest absolute Gasteiger partial charge is 0.366 e. The van der Waals surface area contributed by atoms with Gasteiger partial charge < -0.3 is 4.90 Å². The molecule has 0 N–H and O–H groups in total. The number of carbonyl (C=O) groups excluding carboxylic acids is 2. The van der Waals surface area contributed by atoms with Crippen molar-refractivity contribution in [3.63, 3.8) is 0 Å². The number of aromatic nitrogens is 1. The van der Waals surface area contributed by atoms with Crippen LogP contribution in [0, 0.1) is 20.8 Å². The van der Waals surface area contributed by atoms with Gasteiger partial charge in [0.1, 0.15) is 5.70 Å². The zero-order chi connectivity index (χ0) is 23.5. The van der Waals surface area contributed by atoms with E-state index in [1.165, 1.54) is 4.90 Å². The first-order valence-corrected chi connectivity index (χ1v) is 11.3. The lowest BCUT2D eigenvalue weighted by Crippen LogP contribution is -2.36. The van der Waals surface area contributed by atoms with Crippen molar-refractivity contribution in [1.82, 2.24) is 9.88 Å². The summed E-state index contributed by atoms with van der Waals surface area (Å²) < 4.78 is 0. The van der Waals surface area contributed by atoms with E-state index in [2.05, 4.69) is 4.98 Å². The maximum Gasteiger partial charge on any atom is 0.282 e. The second kappa shape index (κ2) is 9.41. The maximum atomic E-state index is 13.8. The molecule has 33 heavy (non-hydrogen) atoms. The molecule has 0 fully saturated rings. The minimum Gasteiger partial charge on any atom is -0.366 e. The zero-order valence-corrected chi connectivity index (χ0v) is 19.6. The fraction of sp³-hybridized carbons (Fsp3) is 0.250. The van der Waals surface area contributed by atoms with Crippen LogP contribution in [-0.2, 0) is 16.0 Å². The molecule has 1 aromatic heterocycles. The van der Waals surface area contributed by atoms with Gasteiger partial charge in [0, 0.05) is 25.5 Å². The zero-order valence-electron chi connectivity index (χ0n) is 19.6. The average molecular weight is 440 g/mol. The molecule has 2 aromatic carbocycles. The molecule has 2 heterocycles. The van der Waals surface area contributed by atoms with Crippen molar-refractivity contribution in [3.05, 3.63) is 101 Å². The van der Waals surface area contributed by atoms with Crippen LogP contribution in [0.2, 0.25) is 0 Å². The number of carbonyl (C=O) groups is 2. The highest BCUT2D eigenvalue weighted by molar-refractivity contribution is 6.45. The summed E-state index contributed by atoms with van der Waals surface area (Å²) in [5.74, 6) is -0.533. The summed E-state index contributed by atoms with van der Waals surface area (Å²) in [7, 11) is 0. The van der Waals surface area contributed by atoms with Crippen LogP contribution < -0.4 is 4.90 Å². The van der Waals surface area contributed by atoms with Crippen molar-refractivity contribution in [2.45, 2.75) is 34.1 Å². The summed E-state index contributed by atoms with van der Waals surface area (Å²) in [6.45, 7) is 9.26. The van der Waals surface area contributed by atoms with Gasteiger partial charge in [0.05, 0.1) is 11.3 Å². The van der Waals surface area contributed by atoms with Crippen LogP contribution in [0.15, 0.2) is 72.7 Å². The number of benzene rings is 2. The fourth-order valence-corrected chi connectivity index (χ4v) is 4.24. The molecule has 0 spiro atoms. The van der Waals surface area contributed by atoms with E-state index in [9.17, 15) is 9.59 Å². The Bertz CT molecular complexity index is 1230. The third-order valence-corrected chi connectivity index (χ3v) is 6.33. The number of para-hydroxylation sites is 1. The Morgan fingerprint density at radius 3 is 2.24 bits per heavy atom. The topological polar surface area (TPSA) is 53.5 Å². The molecule has 0 aliphatic carbocycles. The van der Waals surface area contributed by atoms with Gasteiger partial charge in [-0.05, 0) is 80.1 Å². The van der Waals surface area contributed by atoms with E-state index in [1.807, 2.05) is 87.2 Å². The predicted molar refractivity (Wildman–Crippen MR) is 132 cm³/mol. The summed E-state index contributed by atoms with van der Waals surface area (Å²) in [5.41, 5.74) is 6.64. The van der Waals surface area contributed by atoms with Gasteiger partial charge >= 0.3 is 0 Å². The number of amides is 2. The van der Waals surface area contributed by atoms with Gasteiger partial charge in [-0.2, -0.15) is 0 Å². The lowest BCUT2D eigenvalue weighted by atomic mass is 9.99. The Balaban J connectivity index is 1.80. The normalized spacial score (nSPS) is 13.8. The summed E-state index contributed by atoms with van der Waals surface area (Å²) in [4.78, 5) is 35.0. The van der Waals surface area contributed by atoms with Crippen LogP contribution in [0.1, 0.15) is 34.7 Å². The van der Waals surface area contributed by atoms with Crippen molar-refractivity contribution in [1.29, 1.82) is 0 Å². The van der Waals surface area contributed by atoms with Crippen molar-refractivity contribution in [3.8, 4) is 0 Å². The molecule has 1 aliphatic heterocycles. The molecular weight excluding hydrogens is 410 g/mol. The molecule has 1 aliphatic rings. The Morgan fingerprint density at radius 1 is 0.848 bits per heavy atom. The van der Waals surface area contributed by atoms with Gasteiger partial charge in [0.25, 0.3) is 11.8 Å². The number of anilines is 1. The molecule has 5 nitrogen and oxygen atoms in total. The molecule has 3 aromatic rings. The maximum absolute atomic E-state index is 13.8. The molecule has 0 saturated carbocycles. The van der Waals surface area contributed by atoms with Crippen molar-refractivity contribution < 1.29 is 9.59 Å². The third kappa shape index (κ3) is 4.31. The predicted octanol–water partition coefficient (Wildman–Crippen LogP) is 4.86. The number of nitrogens with zero attached hydrogens (tertiary/aromatic N) is 3. The minimum absolute atomic E-state index is 0.265.